The van der Waals surface area contributed by atoms with Gasteiger partial charge in [-0.05, 0) is 56.1 Å². The van der Waals surface area contributed by atoms with Gasteiger partial charge in [-0.2, -0.15) is 0 Å². The van der Waals surface area contributed by atoms with Gasteiger partial charge in [-0.1, -0.05) is 13.8 Å². The highest BCUT2D eigenvalue weighted by molar-refractivity contribution is 7.97. The summed E-state index contributed by atoms with van der Waals surface area (Å²) < 4.78 is 7.25. The third-order valence-corrected chi connectivity index (χ3v) is 3.65. The number of aryl methyl sites for hydroxylation is 2. The summed E-state index contributed by atoms with van der Waals surface area (Å²) in [5.41, 5.74) is 2.40. The Labute approximate surface area is 115 Å². The summed E-state index contributed by atoms with van der Waals surface area (Å²) in [5.74, 6) is 0.893. The van der Waals surface area contributed by atoms with E-state index in [1.54, 1.807) is 19.1 Å². The van der Waals surface area contributed by atoms with E-state index in [1.165, 1.54) is 16.0 Å². The van der Waals surface area contributed by atoms with Gasteiger partial charge in [-0.15, -0.1) is 0 Å². The Bertz CT molecular complexity index is 333. The van der Waals surface area contributed by atoms with Crippen LogP contribution < -0.4 is 4.74 Å². The van der Waals surface area contributed by atoms with Gasteiger partial charge in [0, 0.05) is 11.4 Å². The molecule has 0 saturated carbocycles. The third-order valence-electron chi connectivity index (χ3n) is 2.33. The molecule has 0 fully saturated rings. The molecule has 0 bridgehead atoms. The minimum absolute atomic E-state index is 0.178. The zero-order chi connectivity index (χ0) is 14.1. The van der Waals surface area contributed by atoms with Gasteiger partial charge in [-0.3, -0.25) is 0 Å². The first-order valence-corrected chi connectivity index (χ1v) is 7.01. The van der Waals surface area contributed by atoms with Crippen molar-refractivity contribution in [2.75, 3.05) is 27.3 Å². The largest absolute Gasteiger partial charge is 0.497 e. The number of ether oxygens (including phenoxy) is 1. The molecule has 0 saturated heterocycles. The molecule has 1 rings (SSSR count). The highest BCUT2D eigenvalue weighted by Crippen LogP contribution is 2.31. The zero-order valence-corrected chi connectivity index (χ0v) is 13.1. The predicted octanol–water partition coefficient (Wildman–Crippen LogP) is 3.27. The minimum Gasteiger partial charge on any atom is -0.497 e. The Kier molecular flexibility index (Phi) is 8.89. The van der Waals surface area contributed by atoms with Crippen molar-refractivity contribution in [2.45, 2.75) is 32.6 Å². The van der Waals surface area contributed by atoms with Gasteiger partial charge >= 0.3 is 0 Å². The number of nitrogens with zero attached hydrogens (tertiary/aromatic N) is 1. The molecule has 0 aliphatic heterocycles. The Hall–Kier alpha value is -0.710. The predicted molar refractivity (Wildman–Crippen MR) is 79.4 cm³/mol. The lowest BCUT2D eigenvalue weighted by atomic mass is 10.1. The van der Waals surface area contributed by atoms with Crippen LogP contribution in [-0.2, 0) is 0 Å². The van der Waals surface area contributed by atoms with E-state index >= 15 is 0 Å². The number of methoxy groups -OCH3 is 1. The first kappa shape index (κ1) is 17.3. The number of rotatable bonds is 5. The Morgan fingerprint density at radius 2 is 1.72 bits per heavy atom. The number of likely N-dealkylation sites (N-methyl/N-ethyl adjacent to an activating group) is 1. The standard InChI is InChI=1S/C12H19NO2S.C2H6/c1-9-7-11(15-4)8-10(2)12(9)16-13(3)5-6-14;1-2/h7-8,14H,5-6H2,1-4H3;1-2H3. The second-order valence-electron chi connectivity index (χ2n) is 3.76. The van der Waals surface area contributed by atoms with E-state index in [9.17, 15) is 0 Å². The molecule has 0 aliphatic carbocycles. The topological polar surface area (TPSA) is 32.7 Å². The van der Waals surface area contributed by atoms with Crippen molar-refractivity contribution in [3.05, 3.63) is 23.3 Å². The fourth-order valence-electron chi connectivity index (χ4n) is 1.51. The fourth-order valence-corrected chi connectivity index (χ4v) is 2.41. The molecule has 0 heterocycles. The Morgan fingerprint density at radius 3 is 2.11 bits per heavy atom. The molecule has 0 atom stereocenters. The summed E-state index contributed by atoms with van der Waals surface area (Å²) in [6.07, 6.45) is 0. The van der Waals surface area contributed by atoms with Crippen LogP contribution in [0.4, 0.5) is 0 Å². The van der Waals surface area contributed by atoms with Crippen LogP contribution in [0.25, 0.3) is 0 Å². The van der Waals surface area contributed by atoms with Crippen LogP contribution >= 0.6 is 11.9 Å². The zero-order valence-electron chi connectivity index (χ0n) is 12.3. The van der Waals surface area contributed by atoms with E-state index in [0.717, 1.165) is 5.75 Å². The SMILES string of the molecule is CC.COc1cc(C)c(SN(C)CCO)c(C)c1. The maximum Gasteiger partial charge on any atom is 0.119 e. The molecular formula is C14H25NO2S. The molecule has 0 radical (unpaired) electrons. The first-order chi connectivity index (χ1) is 8.58. The first-order valence-electron chi connectivity index (χ1n) is 6.23. The summed E-state index contributed by atoms with van der Waals surface area (Å²) in [5, 5.41) is 8.86. The second-order valence-corrected chi connectivity index (χ2v) is 4.97. The van der Waals surface area contributed by atoms with E-state index in [-0.39, 0.29) is 6.61 Å². The maximum atomic E-state index is 8.86. The minimum atomic E-state index is 0.178. The number of benzene rings is 1. The average molecular weight is 271 g/mol. The van der Waals surface area contributed by atoms with Crippen LogP contribution in [0.2, 0.25) is 0 Å². The van der Waals surface area contributed by atoms with Crippen molar-refractivity contribution < 1.29 is 9.84 Å². The van der Waals surface area contributed by atoms with Crippen molar-refractivity contribution in [1.29, 1.82) is 0 Å². The Balaban J connectivity index is 0.00000137. The molecule has 18 heavy (non-hydrogen) atoms. The normalized spacial score (nSPS) is 10.0. The van der Waals surface area contributed by atoms with E-state index in [2.05, 4.69) is 13.8 Å². The molecule has 0 unspecified atom stereocenters. The molecule has 1 aromatic carbocycles. The van der Waals surface area contributed by atoms with E-state index in [0.29, 0.717) is 6.54 Å². The number of hydrogen-bond acceptors (Lipinski definition) is 4. The van der Waals surface area contributed by atoms with Crippen LogP contribution in [-0.4, -0.2) is 36.7 Å². The lowest BCUT2D eigenvalue weighted by molar-refractivity contribution is 0.273. The van der Waals surface area contributed by atoms with Gasteiger partial charge < -0.3 is 9.84 Å². The van der Waals surface area contributed by atoms with Crippen molar-refractivity contribution >= 4 is 11.9 Å². The third kappa shape index (κ3) is 5.29. The smallest absolute Gasteiger partial charge is 0.119 e. The summed E-state index contributed by atoms with van der Waals surface area (Å²) in [7, 11) is 3.66. The maximum absolute atomic E-state index is 8.86. The fraction of sp³-hybridized carbons (Fsp3) is 0.571. The number of aliphatic hydroxyl groups is 1. The highest BCUT2D eigenvalue weighted by atomic mass is 32.2. The quantitative estimate of drug-likeness (QED) is 0.833. The number of hydrogen-bond donors (Lipinski definition) is 1. The van der Waals surface area contributed by atoms with E-state index < -0.39 is 0 Å². The Morgan fingerprint density at radius 1 is 1.22 bits per heavy atom. The van der Waals surface area contributed by atoms with E-state index in [1.807, 2.05) is 37.3 Å². The van der Waals surface area contributed by atoms with Crippen LogP contribution in [0.1, 0.15) is 25.0 Å². The second kappa shape index (κ2) is 9.25. The molecule has 1 aromatic rings. The van der Waals surface area contributed by atoms with Crippen molar-refractivity contribution in [3.8, 4) is 5.75 Å². The van der Waals surface area contributed by atoms with Gasteiger partial charge in [0.25, 0.3) is 0 Å². The van der Waals surface area contributed by atoms with Crippen LogP contribution in [0.15, 0.2) is 17.0 Å². The van der Waals surface area contributed by atoms with Gasteiger partial charge in [-0.25, -0.2) is 4.31 Å². The lowest BCUT2D eigenvalue weighted by Gasteiger charge is -2.18. The van der Waals surface area contributed by atoms with Gasteiger partial charge in [0.1, 0.15) is 5.75 Å². The summed E-state index contributed by atoms with van der Waals surface area (Å²) in [4.78, 5) is 1.23. The highest BCUT2D eigenvalue weighted by Gasteiger charge is 2.09. The van der Waals surface area contributed by atoms with Gasteiger partial charge in [0.15, 0.2) is 0 Å². The van der Waals surface area contributed by atoms with E-state index in [4.69, 9.17) is 9.84 Å². The van der Waals surface area contributed by atoms with Gasteiger partial charge in [0.2, 0.25) is 0 Å². The molecule has 1 N–H and O–H groups in total. The van der Waals surface area contributed by atoms with Crippen molar-refractivity contribution in [2.24, 2.45) is 0 Å². The molecule has 0 aliphatic rings. The summed E-state index contributed by atoms with van der Waals surface area (Å²) >= 11 is 1.66. The average Bonchev–Trinajstić information content (AvgIpc) is 2.36. The van der Waals surface area contributed by atoms with Crippen LogP contribution in [0.3, 0.4) is 0 Å². The van der Waals surface area contributed by atoms with Gasteiger partial charge in [0.05, 0.1) is 13.7 Å². The molecule has 104 valence electrons. The molecular weight excluding hydrogens is 246 g/mol. The molecule has 3 nitrogen and oxygen atoms in total. The molecule has 4 heteroatoms. The van der Waals surface area contributed by atoms with Crippen molar-refractivity contribution in [1.82, 2.24) is 4.31 Å². The summed E-state index contributed by atoms with van der Waals surface area (Å²) in [6.45, 7) is 8.99. The lowest BCUT2D eigenvalue weighted by Crippen LogP contribution is -2.14. The number of aliphatic hydroxyl groups excluding tert-OH is 1. The molecule has 0 spiro atoms. The van der Waals surface area contributed by atoms with Crippen LogP contribution in [0.5, 0.6) is 5.75 Å². The van der Waals surface area contributed by atoms with Crippen molar-refractivity contribution in [3.63, 3.8) is 0 Å². The molecule has 0 amide bonds. The molecule has 0 aromatic heterocycles. The monoisotopic (exact) mass is 271 g/mol. The summed E-state index contributed by atoms with van der Waals surface area (Å²) in [6, 6.07) is 4.06. The van der Waals surface area contributed by atoms with Crippen LogP contribution in [0, 0.1) is 13.8 Å².